The molecule has 2 aliphatic rings. The van der Waals surface area contributed by atoms with Crippen LogP contribution in [0.5, 0.6) is 0 Å². The maximum atomic E-state index is 4.79. The summed E-state index contributed by atoms with van der Waals surface area (Å²) < 4.78 is 0. The van der Waals surface area contributed by atoms with Crippen LogP contribution in [0.1, 0.15) is 25.7 Å². The SMILES string of the molecule is Cl.c1ccc2nc(NC3CC3)c(NCC3CCNCC3)nc2c1. The van der Waals surface area contributed by atoms with Crippen LogP contribution >= 0.6 is 12.4 Å². The number of anilines is 2. The molecule has 6 heteroatoms. The summed E-state index contributed by atoms with van der Waals surface area (Å²) in [6, 6.07) is 8.66. The molecule has 3 N–H and O–H groups in total. The van der Waals surface area contributed by atoms with Gasteiger partial charge in [0.25, 0.3) is 0 Å². The zero-order valence-corrected chi connectivity index (χ0v) is 14.0. The number of fused-ring (bicyclic) bond motifs is 1. The Hall–Kier alpha value is -1.59. The Labute approximate surface area is 143 Å². The van der Waals surface area contributed by atoms with Crippen LogP contribution in [0.2, 0.25) is 0 Å². The molecule has 1 saturated heterocycles. The molecule has 2 aromatic rings. The maximum Gasteiger partial charge on any atom is 0.169 e. The van der Waals surface area contributed by atoms with E-state index in [9.17, 15) is 0 Å². The summed E-state index contributed by atoms with van der Waals surface area (Å²) in [6.45, 7) is 3.24. The molecule has 0 atom stereocenters. The molecule has 2 fully saturated rings. The molecule has 1 aliphatic heterocycles. The van der Waals surface area contributed by atoms with Gasteiger partial charge in [-0.15, -0.1) is 12.4 Å². The van der Waals surface area contributed by atoms with Gasteiger partial charge in [0.15, 0.2) is 11.6 Å². The Morgan fingerprint density at radius 2 is 1.61 bits per heavy atom. The number of rotatable bonds is 5. The van der Waals surface area contributed by atoms with Crippen LogP contribution in [0.15, 0.2) is 24.3 Å². The van der Waals surface area contributed by atoms with Gasteiger partial charge < -0.3 is 16.0 Å². The lowest BCUT2D eigenvalue weighted by atomic mass is 9.98. The van der Waals surface area contributed by atoms with Gasteiger partial charge in [-0.3, -0.25) is 0 Å². The fourth-order valence-corrected chi connectivity index (χ4v) is 2.97. The van der Waals surface area contributed by atoms with E-state index in [0.717, 1.165) is 48.2 Å². The predicted octanol–water partition coefficient (Wildman–Crippen LogP) is 3.04. The Bertz CT molecular complexity index is 652. The molecule has 23 heavy (non-hydrogen) atoms. The molecule has 0 radical (unpaired) electrons. The van der Waals surface area contributed by atoms with Crippen molar-refractivity contribution in [1.29, 1.82) is 0 Å². The van der Waals surface area contributed by atoms with Gasteiger partial charge >= 0.3 is 0 Å². The van der Waals surface area contributed by atoms with Crippen molar-refractivity contribution in [3.63, 3.8) is 0 Å². The number of nitrogens with one attached hydrogen (secondary N) is 3. The van der Waals surface area contributed by atoms with E-state index in [1.165, 1.54) is 25.7 Å². The molecule has 2 heterocycles. The van der Waals surface area contributed by atoms with Crippen LogP contribution in [0, 0.1) is 5.92 Å². The summed E-state index contributed by atoms with van der Waals surface area (Å²) in [7, 11) is 0. The molecule has 1 aliphatic carbocycles. The molecule has 4 rings (SSSR count). The smallest absolute Gasteiger partial charge is 0.169 e. The van der Waals surface area contributed by atoms with Crippen LogP contribution in [0.25, 0.3) is 11.0 Å². The summed E-state index contributed by atoms with van der Waals surface area (Å²) in [5.41, 5.74) is 1.91. The van der Waals surface area contributed by atoms with Gasteiger partial charge in [-0.25, -0.2) is 9.97 Å². The molecule has 0 unspecified atom stereocenters. The van der Waals surface area contributed by atoms with E-state index >= 15 is 0 Å². The lowest BCUT2D eigenvalue weighted by Crippen LogP contribution is -2.31. The summed E-state index contributed by atoms with van der Waals surface area (Å²) in [5, 5.41) is 10.5. The highest BCUT2D eigenvalue weighted by atomic mass is 35.5. The van der Waals surface area contributed by atoms with Crippen molar-refractivity contribution < 1.29 is 0 Å². The third-order valence-electron chi connectivity index (χ3n) is 4.51. The third-order valence-corrected chi connectivity index (χ3v) is 4.51. The summed E-state index contributed by atoms with van der Waals surface area (Å²) >= 11 is 0. The minimum absolute atomic E-state index is 0. The predicted molar refractivity (Wildman–Crippen MR) is 97.5 cm³/mol. The Kier molecular flexibility index (Phi) is 5.18. The minimum atomic E-state index is 0. The monoisotopic (exact) mass is 333 g/mol. The zero-order valence-electron chi connectivity index (χ0n) is 13.2. The normalized spacial score (nSPS) is 18.4. The Morgan fingerprint density at radius 1 is 0.957 bits per heavy atom. The third kappa shape index (κ3) is 4.03. The number of aromatic nitrogens is 2. The molecule has 5 nitrogen and oxygen atoms in total. The molecule has 0 bridgehead atoms. The van der Waals surface area contributed by atoms with Crippen molar-refractivity contribution in [3.8, 4) is 0 Å². The average molecular weight is 334 g/mol. The van der Waals surface area contributed by atoms with E-state index in [4.69, 9.17) is 9.97 Å². The Morgan fingerprint density at radius 3 is 2.26 bits per heavy atom. The topological polar surface area (TPSA) is 61.9 Å². The summed E-state index contributed by atoms with van der Waals surface area (Å²) in [4.78, 5) is 9.56. The first-order valence-electron chi connectivity index (χ1n) is 8.36. The van der Waals surface area contributed by atoms with E-state index in [2.05, 4.69) is 16.0 Å². The van der Waals surface area contributed by atoms with Crippen molar-refractivity contribution in [2.45, 2.75) is 31.7 Å². The van der Waals surface area contributed by atoms with Gasteiger partial charge in [0, 0.05) is 12.6 Å². The molecule has 1 aromatic heterocycles. The first-order chi connectivity index (χ1) is 10.9. The lowest BCUT2D eigenvalue weighted by molar-refractivity contribution is 0.389. The van der Waals surface area contributed by atoms with Crippen LogP contribution < -0.4 is 16.0 Å². The van der Waals surface area contributed by atoms with Gasteiger partial charge in [0.05, 0.1) is 11.0 Å². The van der Waals surface area contributed by atoms with Crippen molar-refractivity contribution in [2.24, 2.45) is 5.92 Å². The van der Waals surface area contributed by atoms with Crippen LogP contribution in [0.4, 0.5) is 11.6 Å². The molecular formula is C17H24ClN5. The van der Waals surface area contributed by atoms with Gasteiger partial charge in [0.2, 0.25) is 0 Å². The van der Waals surface area contributed by atoms with E-state index in [1.807, 2.05) is 24.3 Å². The second-order valence-electron chi connectivity index (χ2n) is 6.40. The van der Waals surface area contributed by atoms with Gasteiger partial charge in [-0.2, -0.15) is 0 Å². The maximum absolute atomic E-state index is 4.79. The molecule has 0 spiro atoms. The standard InChI is InChI=1S/C17H23N5.ClH/c1-2-4-15-14(3-1)21-16(17(22-15)20-13-5-6-13)19-11-12-7-9-18-10-8-12;/h1-4,12-13,18H,5-11H2,(H,19,21)(H,20,22);1H. The number of hydrogen-bond donors (Lipinski definition) is 3. The van der Waals surface area contributed by atoms with E-state index < -0.39 is 0 Å². The second kappa shape index (κ2) is 7.32. The zero-order chi connectivity index (χ0) is 14.8. The van der Waals surface area contributed by atoms with Crippen molar-refractivity contribution in [2.75, 3.05) is 30.3 Å². The van der Waals surface area contributed by atoms with Crippen LogP contribution in [-0.4, -0.2) is 35.6 Å². The number of para-hydroxylation sites is 2. The highest BCUT2D eigenvalue weighted by Gasteiger charge is 2.23. The van der Waals surface area contributed by atoms with Gasteiger partial charge in [-0.05, 0) is 56.8 Å². The average Bonchev–Trinajstić information content (AvgIpc) is 3.38. The molecule has 1 aromatic carbocycles. The number of benzene rings is 1. The molecular weight excluding hydrogens is 310 g/mol. The molecule has 0 amide bonds. The van der Waals surface area contributed by atoms with Crippen LogP contribution in [0.3, 0.4) is 0 Å². The molecule has 1 saturated carbocycles. The highest BCUT2D eigenvalue weighted by Crippen LogP contribution is 2.29. The first kappa shape index (κ1) is 16.3. The van der Waals surface area contributed by atoms with Gasteiger partial charge in [0.1, 0.15) is 0 Å². The van der Waals surface area contributed by atoms with Crippen LogP contribution in [-0.2, 0) is 0 Å². The van der Waals surface area contributed by atoms with E-state index in [-0.39, 0.29) is 12.4 Å². The summed E-state index contributed by atoms with van der Waals surface area (Å²) in [6.07, 6.45) is 4.95. The number of nitrogens with zero attached hydrogens (tertiary/aromatic N) is 2. The second-order valence-corrected chi connectivity index (χ2v) is 6.40. The fourth-order valence-electron chi connectivity index (χ4n) is 2.97. The quantitative estimate of drug-likeness (QED) is 0.785. The minimum Gasteiger partial charge on any atom is -0.367 e. The van der Waals surface area contributed by atoms with E-state index in [0.29, 0.717) is 6.04 Å². The number of hydrogen-bond acceptors (Lipinski definition) is 5. The van der Waals surface area contributed by atoms with E-state index in [1.54, 1.807) is 0 Å². The fraction of sp³-hybridized carbons (Fsp3) is 0.529. The largest absolute Gasteiger partial charge is 0.367 e. The number of halogens is 1. The van der Waals surface area contributed by atoms with Gasteiger partial charge in [-0.1, -0.05) is 12.1 Å². The Balaban J connectivity index is 0.00000156. The van der Waals surface area contributed by atoms with Crippen molar-refractivity contribution >= 4 is 35.1 Å². The van der Waals surface area contributed by atoms with Crippen molar-refractivity contribution in [3.05, 3.63) is 24.3 Å². The molecule has 124 valence electrons. The lowest BCUT2D eigenvalue weighted by Gasteiger charge is -2.23. The highest BCUT2D eigenvalue weighted by molar-refractivity contribution is 5.85. The van der Waals surface area contributed by atoms with Crippen molar-refractivity contribution in [1.82, 2.24) is 15.3 Å². The first-order valence-corrected chi connectivity index (χ1v) is 8.36. The number of piperidine rings is 1. The summed E-state index contributed by atoms with van der Waals surface area (Å²) in [5.74, 6) is 2.54.